The van der Waals surface area contributed by atoms with E-state index >= 15 is 0 Å². The largest absolute Gasteiger partial charge is 0.335 e. The first-order valence-electron chi connectivity index (χ1n) is 8.96. The number of nitrogens with one attached hydrogen (secondary N) is 1. The molecule has 4 heteroatoms. The molecule has 1 saturated heterocycles. The van der Waals surface area contributed by atoms with Crippen LogP contribution in [0.2, 0.25) is 0 Å². The summed E-state index contributed by atoms with van der Waals surface area (Å²) < 4.78 is 0. The lowest BCUT2D eigenvalue weighted by Crippen LogP contribution is -2.46. The highest BCUT2D eigenvalue weighted by Gasteiger charge is 2.24. The zero-order valence-corrected chi connectivity index (χ0v) is 14.9. The standard InChI is InChI=1S/C19H28N2OS/c1-15-7-5-6-10-17(15)18-11-12-21(13-14-23-18)19(22)20-16-8-3-2-4-9-16/h5-7,10,16,18H,2-4,8-9,11-14H2,1H3,(H,20,22). The van der Waals surface area contributed by atoms with E-state index in [1.54, 1.807) is 0 Å². The van der Waals surface area contributed by atoms with Crippen LogP contribution in [-0.4, -0.2) is 35.8 Å². The van der Waals surface area contributed by atoms with E-state index in [1.165, 1.54) is 30.4 Å². The number of urea groups is 1. The normalized spacial score (nSPS) is 23.3. The summed E-state index contributed by atoms with van der Waals surface area (Å²) in [5.74, 6) is 1.02. The zero-order valence-electron chi connectivity index (χ0n) is 14.1. The molecule has 0 radical (unpaired) electrons. The quantitative estimate of drug-likeness (QED) is 0.864. The summed E-state index contributed by atoms with van der Waals surface area (Å²) >= 11 is 2.00. The Labute approximate surface area is 144 Å². The molecule has 1 saturated carbocycles. The van der Waals surface area contributed by atoms with Crippen molar-refractivity contribution in [3.8, 4) is 0 Å². The fourth-order valence-corrected chi connectivity index (χ4v) is 5.01. The van der Waals surface area contributed by atoms with Crippen LogP contribution in [0.5, 0.6) is 0 Å². The molecule has 3 nitrogen and oxygen atoms in total. The first-order valence-corrected chi connectivity index (χ1v) is 10.0. The lowest BCUT2D eigenvalue weighted by molar-refractivity contribution is 0.193. The summed E-state index contributed by atoms with van der Waals surface area (Å²) in [6.07, 6.45) is 7.20. The average molecular weight is 333 g/mol. The lowest BCUT2D eigenvalue weighted by Gasteiger charge is -2.27. The van der Waals surface area contributed by atoms with Crippen LogP contribution >= 0.6 is 11.8 Å². The van der Waals surface area contributed by atoms with Crippen molar-refractivity contribution < 1.29 is 4.79 Å². The molecule has 1 aromatic carbocycles. The fourth-order valence-electron chi connectivity index (χ4n) is 3.68. The van der Waals surface area contributed by atoms with E-state index in [0.717, 1.165) is 38.1 Å². The third-order valence-corrected chi connectivity index (χ3v) is 6.41. The molecule has 3 rings (SSSR count). The van der Waals surface area contributed by atoms with Crippen LogP contribution in [0.1, 0.15) is 54.9 Å². The highest BCUT2D eigenvalue weighted by atomic mass is 32.2. The Morgan fingerprint density at radius 3 is 2.70 bits per heavy atom. The van der Waals surface area contributed by atoms with Crippen molar-refractivity contribution in [1.82, 2.24) is 10.2 Å². The Morgan fingerprint density at radius 2 is 1.91 bits per heavy atom. The molecule has 1 aliphatic heterocycles. The van der Waals surface area contributed by atoms with Crippen molar-refractivity contribution in [2.45, 2.75) is 56.7 Å². The summed E-state index contributed by atoms with van der Waals surface area (Å²) in [5, 5.41) is 3.78. The fraction of sp³-hybridized carbons (Fsp3) is 0.632. The highest BCUT2D eigenvalue weighted by Crippen LogP contribution is 2.35. The number of amides is 2. The number of nitrogens with zero attached hydrogens (tertiary/aromatic N) is 1. The molecular formula is C19H28N2OS. The summed E-state index contributed by atoms with van der Waals surface area (Å²) in [7, 11) is 0. The SMILES string of the molecule is Cc1ccccc1C1CCN(C(=O)NC2CCCCC2)CCS1. The molecule has 0 aromatic heterocycles. The molecular weight excluding hydrogens is 304 g/mol. The van der Waals surface area contributed by atoms with Gasteiger partial charge in [0.05, 0.1) is 0 Å². The molecule has 1 atom stereocenters. The molecule has 2 aliphatic rings. The second-order valence-electron chi connectivity index (χ2n) is 6.78. The van der Waals surface area contributed by atoms with E-state index in [0.29, 0.717) is 11.3 Å². The molecule has 0 spiro atoms. The first-order chi connectivity index (χ1) is 11.2. The van der Waals surface area contributed by atoms with Crippen LogP contribution in [0.25, 0.3) is 0 Å². The number of aryl methyl sites for hydroxylation is 1. The zero-order chi connectivity index (χ0) is 16.1. The molecule has 1 unspecified atom stereocenters. The number of hydrogen-bond acceptors (Lipinski definition) is 2. The van der Waals surface area contributed by atoms with E-state index in [4.69, 9.17) is 0 Å². The van der Waals surface area contributed by atoms with Crippen molar-refractivity contribution in [2.75, 3.05) is 18.8 Å². The lowest BCUT2D eigenvalue weighted by atomic mass is 9.96. The van der Waals surface area contributed by atoms with Gasteiger partial charge in [0.15, 0.2) is 0 Å². The number of rotatable bonds is 2. The second kappa shape index (κ2) is 8.09. The molecule has 1 aliphatic carbocycles. The van der Waals surface area contributed by atoms with Gasteiger partial charge in [-0.1, -0.05) is 43.5 Å². The van der Waals surface area contributed by atoms with E-state index in [1.807, 2.05) is 16.7 Å². The highest BCUT2D eigenvalue weighted by molar-refractivity contribution is 7.99. The van der Waals surface area contributed by atoms with Crippen LogP contribution < -0.4 is 5.32 Å². The van der Waals surface area contributed by atoms with E-state index in [-0.39, 0.29) is 6.03 Å². The molecule has 1 heterocycles. The Bertz CT molecular complexity index is 528. The van der Waals surface area contributed by atoms with Crippen molar-refractivity contribution in [3.63, 3.8) is 0 Å². The summed E-state index contributed by atoms with van der Waals surface area (Å²) in [4.78, 5) is 14.6. The minimum absolute atomic E-state index is 0.155. The third-order valence-electron chi connectivity index (χ3n) is 5.10. The van der Waals surface area contributed by atoms with Crippen LogP contribution in [0.3, 0.4) is 0 Å². The number of benzene rings is 1. The van der Waals surface area contributed by atoms with Crippen molar-refractivity contribution >= 4 is 17.8 Å². The summed E-state index contributed by atoms with van der Waals surface area (Å²) in [5.41, 5.74) is 2.80. The third kappa shape index (κ3) is 4.43. The van der Waals surface area contributed by atoms with Gasteiger partial charge in [-0.05, 0) is 37.3 Å². The van der Waals surface area contributed by atoms with Gasteiger partial charge >= 0.3 is 6.03 Å². The van der Waals surface area contributed by atoms with Gasteiger partial charge < -0.3 is 10.2 Å². The number of carbonyl (C=O) groups excluding carboxylic acids is 1. The van der Waals surface area contributed by atoms with Gasteiger partial charge in [0, 0.05) is 30.1 Å². The van der Waals surface area contributed by atoms with Crippen molar-refractivity contribution in [1.29, 1.82) is 0 Å². The predicted octanol–water partition coefficient (Wildman–Crippen LogP) is 4.52. The monoisotopic (exact) mass is 332 g/mol. The number of carbonyl (C=O) groups is 1. The van der Waals surface area contributed by atoms with Gasteiger partial charge in [-0.2, -0.15) is 11.8 Å². The smallest absolute Gasteiger partial charge is 0.317 e. The molecule has 0 bridgehead atoms. The minimum Gasteiger partial charge on any atom is -0.335 e. The number of thioether (sulfide) groups is 1. The molecule has 126 valence electrons. The molecule has 1 aromatic rings. The van der Waals surface area contributed by atoms with Gasteiger partial charge in [0.1, 0.15) is 0 Å². The molecule has 2 amide bonds. The Balaban J connectivity index is 1.55. The van der Waals surface area contributed by atoms with Gasteiger partial charge in [-0.3, -0.25) is 0 Å². The average Bonchev–Trinajstić information content (AvgIpc) is 2.82. The summed E-state index contributed by atoms with van der Waals surface area (Å²) in [6, 6.07) is 9.21. The maximum atomic E-state index is 12.5. The van der Waals surface area contributed by atoms with Crippen LogP contribution in [-0.2, 0) is 0 Å². The van der Waals surface area contributed by atoms with E-state index in [2.05, 4.69) is 36.5 Å². The van der Waals surface area contributed by atoms with Crippen molar-refractivity contribution in [3.05, 3.63) is 35.4 Å². The maximum Gasteiger partial charge on any atom is 0.317 e. The van der Waals surface area contributed by atoms with Gasteiger partial charge in [-0.15, -0.1) is 0 Å². The molecule has 23 heavy (non-hydrogen) atoms. The Kier molecular flexibility index (Phi) is 5.87. The maximum absolute atomic E-state index is 12.5. The van der Waals surface area contributed by atoms with E-state index in [9.17, 15) is 4.79 Å². The first kappa shape index (κ1) is 16.7. The minimum atomic E-state index is 0.155. The Hall–Kier alpha value is -1.16. The van der Waals surface area contributed by atoms with E-state index < -0.39 is 0 Å². The van der Waals surface area contributed by atoms with Gasteiger partial charge in [-0.25, -0.2) is 4.79 Å². The van der Waals surface area contributed by atoms with Crippen molar-refractivity contribution in [2.24, 2.45) is 0 Å². The number of hydrogen-bond donors (Lipinski definition) is 1. The van der Waals surface area contributed by atoms with Gasteiger partial charge in [0.25, 0.3) is 0 Å². The van der Waals surface area contributed by atoms with Gasteiger partial charge in [0.2, 0.25) is 0 Å². The topological polar surface area (TPSA) is 32.3 Å². The van der Waals surface area contributed by atoms with Crippen LogP contribution in [0, 0.1) is 6.92 Å². The van der Waals surface area contributed by atoms with Crippen LogP contribution in [0.15, 0.2) is 24.3 Å². The summed E-state index contributed by atoms with van der Waals surface area (Å²) in [6.45, 7) is 3.92. The second-order valence-corrected chi connectivity index (χ2v) is 8.09. The van der Waals surface area contributed by atoms with Crippen LogP contribution in [0.4, 0.5) is 4.79 Å². The molecule has 1 N–H and O–H groups in total. The Morgan fingerprint density at radius 1 is 1.13 bits per heavy atom. The molecule has 2 fully saturated rings. The predicted molar refractivity (Wildman–Crippen MR) is 98.0 cm³/mol.